The fourth-order valence-corrected chi connectivity index (χ4v) is 3.70. The van der Waals surface area contributed by atoms with Gasteiger partial charge in [-0.25, -0.2) is 4.39 Å². The lowest BCUT2D eigenvalue weighted by Gasteiger charge is -2.23. The number of halogens is 1. The van der Waals surface area contributed by atoms with E-state index in [0.717, 1.165) is 15.4 Å². The number of amides is 1. The van der Waals surface area contributed by atoms with Gasteiger partial charge < -0.3 is 5.32 Å². The predicted octanol–water partition coefficient (Wildman–Crippen LogP) is 3.18. The first-order valence-electron chi connectivity index (χ1n) is 8.18. The maximum Gasteiger partial charge on any atom is 0.344 e. The first-order valence-corrected chi connectivity index (χ1v) is 9.58. The SMILES string of the molecule is CC1=NS(=O)(=O)N(Cc2ccccc2)C=C1C(=O)Nc1ccc(C)cc1F. The van der Waals surface area contributed by atoms with Crippen LogP contribution in [0.1, 0.15) is 18.1 Å². The van der Waals surface area contributed by atoms with Gasteiger partial charge in [-0.05, 0) is 37.1 Å². The fourth-order valence-electron chi connectivity index (χ4n) is 2.60. The summed E-state index contributed by atoms with van der Waals surface area (Å²) in [6, 6.07) is 13.4. The summed E-state index contributed by atoms with van der Waals surface area (Å²) >= 11 is 0. The zero-order chi connectivity index (χ0) is 19.6. The van der Waals surface area contributed by atoms with Crippen LogP contribution < -0.4 is 5.32 Å². The second kappa shape index (κ2) is 7.32. The minimum atomic E-state index is -3.93. The average molecular weight is 387 g/mol. The minimum absolute atomic E-state index is 0.0161. The van der Waals surface area contributed by atoms with Crippen molar-refractivity contribution in [1.29, 1.82) is 0 Å². The Labute approximate surface area is 157 Å². The number of anilines is 1. The Bertz CT molecular complexity index is 1050. The molecule has 2 aromatic carbocycles. The number of hydrogen-bond acceptors (Lipinski definition) is 3. The normalized spacial score (nSPS) is 15.7. The van der Waals surface area contributed by atoms with Gasteiger partial charge in [0.05, 0.1) is 23.5 Å². The summed E-state index contributed by atoms with van der Waals surface area (Å²) in [4.78, 5) is 12.6. The van der Waals surface area contributed by atoms with Gasteiger partial charge in [0, 0.05) is 6.20 Å². The van der Waals surface area contributed by atoms with E-state index in [0.29, 0.717) is 0 Å². The van der Waals surface area contributed by atoms with Crippen LogP contribution in [-0.2, 0) is 21.5 Å². The van der Waals surface area contributed by atoms with Crippen LogP contribution in [0, 0.1) is 12.7 Å². The molecule has 0 atom stereocenters. The fraction of sp³-hybridized carbons (Fsp3) is 0.158. The van der Waals surface area contributed by atoms with Crippen molar-refractivity contribution in [3.05, 3.63) is 77.2 Å². The zero-order valence-corrected chi connectivity index (χ0v) is 15.6. The van der Waals surface area contributed by atoms with Gasteiger partial charge in [-0.15, -0.1) is 4.40 Å². The van der Waals surface area contributed by atoms with Crippen molar-refractivity contribution >= 4 is 27.5 Å². The number of nitrogens with one attached hydrogen (secondary N) is 1. The first-order chi connectivity index (χ1) is 12.8. The second-order valence-electron chi connectivity index (χ2n) is 6.17. The standard InChI is InChI=1S/C19H18FN3O3S/c1-13-8-9-18(17(20)10-13)21-19(24)16-12-23(27(25,26)22-14(16)2)11-15-6-4-3-5-7-15/h3-10,12H,11H2,1-2H3,(H,21,24). The van der Waals surface area contributed by atoms with E-state index in [2.05, 4.69) is 9.71 Å². The van der Waals surface area contributed by atoms with Crippen LogP contribution in [-0.4, -0.2) is 24.3 Å². The number of nitrogens with zero attached hydrogens (tertiary/aromatic N) is 2. The lowest BCUT2D eigenvalue weighted by Crippen LogP contribution is -2.32. The van der Waals surface area contributed by atoms with Gasteiger partial charge in [-0.1, -0.05) is 36.4 Å². The molecule has 0 aromatic heterocycles. The molecule has 1 N–H and O–H groups in total. The molecule has 0 radical (unpaired) electrons. The van der Waals surface area contributed by atoms with E-state index in [1.54, 1.807) is 37.3 Å². The highest BCUT2D eigenvalue weighted by atomic mass is 32.2. The Morgan fingerprint density at radius 2 is 1.85 bits per heavy atom. The number of aryl methyl sites for hydroxylation is 1. The Morgan fingerprint density at radius 1 is 1.15 bits per heavy atom. The number of benzene rings is 2. The molecule has 3 rings (SSSR count). The van der Waals surface area contributed by atoms with E-state index in [9.17, 15) is 17.6 Å². The summed E-state index contributed by atoms with van der Waals surface area (Å²) < 4.78 is 43.3. The quantitative estimate of drug-likeness (QED) is 0.875. The van der Waals surface area contributed by atoms with Crippen LogP contribution in [0.5, 0.6) is 0 Å². The van der Waals surface area contributed by atoms with Crippen molar-refractivity contribution in [3.63, 3.8) is 0 Å². The molecule has 140 valence electrons. The summed E-state index contributed by atoms with van der Waals surface area (Å²) in [6.07, 6.45) is 1.23. The second-order valence-corrected chi connectivity index (χ2v) is 7.71. The van der Waals surface area contributed by atoms with Gasteiger partial charge in [0.25, 0.3) is 5.91 Å². The predicted molar refractivity (Wildman–Crippen MR) is 102 cm³/mol. The van der Waals surface area contributed by atoms with E-state index in [1.165, 1.54) is 25.3 Å². The van der Waals surface area contributed by atoms with Crippen LogP contribution in [0.3, 0.4) is 0 Å². The molecule has 0 spiro atoms. The Kier molecular flexibility index (Phi) is 5.09. The highest BCUT2D eigenvalue weighted by molar-refractivity contribution is 7.88. The van der Waals surface area contributed by atoms with Crippen LogP contribution in [0.4, 0.5) is 10.1 Å². The van der Waals surface area contributed by atoms with Crippen LogP contribution in [0.25, 0.3) is 0 Å². The lowest BCUT2D eigenvalue weighted by atomic mass is 10.1. The third-order valence-electron chi connectivity index (χ3n) is 4.01. The Balaban J connectivity index is 1.88. The molecule has 0 saturated heterocycles. The van der Waals surface area contributed by atoms with Crippen molar-refractivity contribution in [2.24, 2.45) is 4.40 Å². The molecule has 6 nitrogen and oxygen atoms in total. The van der Waals surface area contributed by atoms with Gasteiger partial charge in [-0.2, -0.15) is 8.42 Å². The number of rotatable bonds is 4. The molecule has 27 heavy (non-hydrogen) atoms. The van der Waals surface area contributed by atoms with Gasteiger partial charge in [0.2, 0.25) is 0 Å². The minimum Gasteiger partial charge on any atom is -0.319 e. The van der Waals surface area contributed by atoms with Crippen LogP contribution in [0.15, 0.2) is 64.7 Å². The third-order valence-corrected chi connectivity index (χ3v) is 5.34. The lowest BCUT2D eigenvalue weighted by molar-refractivity contribution is -0.112. The van der Waals surface area contributed by atoms with E-state index >= 15 is 0 Å². The number of hydrogen-bond donors (Lipinski definition) is 1. The van der Waals surface area contributed by atoms with Crippen molar-refractivity contribution < 1.29 is 17.6 Å². The van der Waals surface area contributed by atoms with Gasteiger partial charge in [-0.3, -0.25) is 9.10 Å². The number of carbonyl (C=O) groups is 1. The summed E-state index contributed by atoms with van der Waals surface area (Å²) in [5.41, 5.74) is 1.59. The van der Waals surface area contributed by atoms with Gasteiger partial charge in [0.1, 0.15) is 5.82 Å². The summed E-state index contributed by atoms with van der Waals surface area (Å²) in [6.45, 7) is 3.20. The van der Waals surface area contributed by atoms with Crippen LogP contribution >= 0.6 is 0 Å². The largest absolute Gasteiger partial charge is 0.344 e. The summed E-state index contributed by atoms with van der Waals surface area (Å²) in [5, 5.41) is 2.46. The topological polar surface area (TPSA) is 78.8 Å². The molecule has 0 aliphatic carbocycles. The van der Waals surface area contributed by atoms with E-state index < -0.39 is 21.9 Å². The van der Waals surface area contributed by atoms with Crippen molar-refractivity contribution in [2.45, 2.75) is 20.4 Å². The first kappa shape index (κ1) is 18.8. The molecule has 1 amide bonds. The Hall–Kier alpha value is -3.00. The average Bonchev–Trinajstić information content (AvgIpc) is 2.60. The van der Waals surface area contributed by atoms with Crippen LogP contribution in [0.2, 0.25) is 0 Å². The molecule has 0 unspecified atom stereocenters. The van der Waals surface area contributed by atoms with E-state index in [4.69, 9.17) is 0 Å². The monoisotopic (exact) mass is 387 g/mol. The molecule has 0 saturated carbocycles. The summed E-state index contributed by atoms with van der Waals surface area (Å²) in [7, 11) is -3.93. The molecular formula is C19H18FN3O3S. The molecular weight excluding hydrogens is 369 g/mol. The molecule has 2 aromatic rings. The molecule has 1 heterocycles. The Morgan fingerprint density at radius 3 is 2.52 bits per heavy atom. The van der Waals surface area contributed by atoms with Gasteiger partial charge in [0.15, 0.2) is 0 Å². The molecule has 1 aliphatic rings. The smallest absolute Gasteiger partial charge is 0.319 e. The third kappa shape index (κ3) is 4.22. The highest BCUT2D eigenvalue weighted by Crippen LogP contribution is 2.22. The molecule has 8 heteroatoms. The molecule has 1 aliphatic heterocycles. The maximum atomic E-state index is 14.0. The zero-order valence-electron chi connectivity index (χ0n) is 14.8. The van der Waals surface area contributed by atoms with E-state index in [1.807, 2.05) is 6.07 Å². The maximum absolute atomic E-state index is 14.0. The van der Waals surface area contributed by atoms with E-state index in [-0.39, 0.29) is 23.5 Å². The van der Waals surface area contributed by atoms with Crippen molar-refractivity contribution in [1.82, 2.24) is 4.31 Å². The highest BCUT2D eigenvalue weighted by Gasteiger charge is 2.28. The van der Waals surface area contributed by atoms with Crippen molar-refractivity contribution in [3.8, 4) is 0 Å². The molecule has 0 bridgehead atoms. The van der Waals surface area contributed by atoms with Gasteiger partial charge >= 0.3 is 10.2 Å². The molecule has 0 fully saturated rings. The number of carbonyl (C=O) groups excluding carboxylic acids is 1. The summed E-state index contributed by atoms with van der Waals surface area (Å²) in [5.74, 6) is -1.20. The van der Waals surface area contributed by atoms with Crippen molar-refractivity contribution in [2.75, 3.05) is 5.32 Å².